The van der Waals surface area contributed by atoms with Crippen LogP contribution in [-0.4, -0.2) is 32.9 Å². The molecule has 11 heteroatoms. The van der Waals surface area contributed by atoms with E-state index >= 15 is 0 Å². The van der Waals surface area contributed by atoms with Crippen molar-refractivity contribution in [3.05, 3.63) is 87.4 Å². The molecule has 3 aromatic carbocycles. The number of nitrogens with one attached hydrogen (secondary N) is 2. The lowest BCUT2D eigenvalue weighted by molar-refractivity contribution is -0.117. The van der Waals surface area contributed by atoms with Gasteiger partial charge in [0.1, 0.15) is 4.33 Å². The molecule has 3 amide bonds. The normalized spacial score (nSPS) is 17.6. The SMILES string of the molecule is Cc1cc(N(C(=O)O)C(C)(C)C)ccc1NC(=O)c1cccc(NC(=O)[C@H]2[C@H](c3cc(Cl)cc(Cl)c3)C2(Cl)Cl)c1. The molecule has 1 saturated carbocycles. The monoisotopic (exact) mass is 621 g/mol. The highest BCUT2D eigenvalue weighted by Crippen LogP contribution is 2.65. The Kier molecular flexibility index (Phi) is 8.35. The number of rotatable bonds is 6. The molecule has 0 unspecified atom stereocenters. The van der Waals surface area contributed by atoms with Gasteiger partial charge in [-0.25, -0.2) is 4.79 Å². The molecule has 0 saturated heterocycles. The van der Waals surface area contributed by atoms with Gasteiger partial charge in [0.2, 0.25) is 5.91 Å². The number of benzene rings is 3. The fraction of sp³-hybridized carbons (Fsp3) is 0.276. The van der Waals surface area contributed by atoms with E-state index in [1.807, 2.05) is 0 Å². The van der Waals surface area contributed by atoms with Gasteiger partial charge in [0.05, 0.1) is 5.92 Å². The molecule has 0 heterocycles. The highest BCUT2D eigenvalue weighted by molar-refractivity contribution is 6.53. The molecule has 40 heavy (non-hydrogen) atoms. The Bertz CT molecular complexity index is 1480. The van der Waals surface area contributed by atoms with Crippen molar-refractivity contribution in [3.8, 4) is 0 Å². The Morgan fingerprint density at radius 1 is 0.925 bits per heavy atom. The minimum absolute atomic E-state index is 0.306. The van der Waals surface area contributed by atoms with E-state index < -0.39 is 39.6 Å². The van der Waals surface area contributed by atoms with Gasteiger partial charge < -0.3 is 15.7 Å². The molecule has 0 aliphatic heterocycles. The van der Waals surface area contributed by atoms with E-state index in [1.54, 1.807) is 88.4 Å². The third-order valence-electron chi connectivity index (χ3n) is 6.55. The van der Waals surface area contributed by atoms with E-state index in [1.165, 1.54) is 4.90 Å². The van der Waals surface area contributed by atoms with Gasteiger partial charge in [-0.15, -0.1) is 23.2 Å². The number of hydrogen-bond donors (Lipinski definition) is 3. The summed E-state index contributed by atoms with van der Waals surface area (Å²) in [6.45, 7) is 7.18. The van der Waals surface area contributed by atoms with Gasteiger partial charge in [-0.3, -0.25) is 14.5 Å². The predicted octanol–water partition coefficient (Wildman–Crippen LogP) is 8.36. The Labute approximate surface area is 252 Å². The molecular weight excluding hydrogens is 596 g/mol. The Morgan fingerprint density at radius 2 is 1.57 bits per heavy atom. The summed E-state index contributed by atoms with van der Waals surface area (Å²) >= 11 is 25.1. The van der Waals surface area contributed by atoms with E-state index in [4.69, 9.17) is 46.4 Å². The maximum absolute atomic E-state index is 13.1. The third kappa shape index (κ3) is 6.33. The van der Waals surface area contributed by atoms with Crippen molar-refractivity contribution < 1.29 is 19.5 Å². The van der Waals surface area contributed by atoms with Crippen LogP contribution in [0.1, 0.15) is 48.2 Å². The van der Waals surface area contributed by atoms with Crippen molar-refractivity contribution in [2.45, 2.75) is 43.5 Å². The zero-order chi connectivity index (χ0) is 29.6. The van der Waals surface area contributed by atoms with Crippen molar-refractivity contribution in [1.82, 2.24) is 0 Å². The molecule has 3 aromatic rings. The topological polar surface area (TPSA) is 98.7 Å². The molecule has 1 aliphatic rings. The molecule has 0 bridgehead atoms. The summed E-state index contributed by atoms with van der Waals surface area (Å²) in [6.07, 6.45) is -1.07. The first-order chi connectivity index (χ1) is 18.6. The van der Waals surface area contributed by atoms with Crippen molar-refractivity contribution in [2.75, 3.05) is 15.5 Å². The zero-order valence-electron chi connectivity index (χ0n) is 22.1. The third-order valence-corrected chi connectivity index (χ3v) is 7.93. The summed E-state index contributed by atoms with van der Waals surface area (Å²) in [7, 11) is 0. The summed E-state index contributed by atoms with van der Waals surface area (Å²) in [5.74, 6) is -2.06. The largest absolute Gasteiger partial charge is 0.465 e. The van der Waals surface area contributed by atoms with Crippen LogP contribution in [0.4, 0.5) is 21.9 Å². The van der Waals surface area contributed by atoms with Crippen LogP contribution in [0.25, 0.3) is 0 Å². The molecule has 0 spiro atoms. The lowest BCUT2D eigenvalue weighted by Gasteiger charge is -2.33. The van der Waals surface area contributed by atoms with Crippen molar-refractivity contribution in [1.29, 1.82) is 0 Å². The molecule has 7 nitrogen and oxygen atoms in total. The van der Waals surface area contributed by atoms with Gasteiger partial charge in [0.15, 0.2) is 0 Å². The number of hydrogen-bond acceptors (Lipinski definition) is 3. The Balaban J connectivity index is 1.47. The minimum Gasteiger partial charge on any atom is -0.465 e. The molecule has 1 fully saturated rings. The van der Waals surface area contributed by atoms with Gasteiger partial charge in [0.25, 0.3) is 5.91 Å². The van der Waals surface area contributed by atoms with E-state index in [0.717, 1.165) is 0 Å². The highest BCUT2D eigenvalue weighted by atomic mass is 35.5. The van der Waals surface area contributed by atoms with Crippen molar-refractivity contribution >= 4 is 81.4 Å². The zero-order valence-corrected chi connectivity index (χ0v) is 25.1. The first-order valence-corrected chi connectivity index (χ1v) is 13.8. The van der Waals surface area contributed by atoms with E-state index in [0.29, 0.717) is 43.8 Å². The molecule has 0 radical (unpaired) electrons. The second kappa shape index (κ2) is 11.1. The van der Waals surface area contributed by atoms with Crippen LogP contribution in [0.15, 0.2) is 60.7 Å². The molecule has 210 valence electrons. The van der Waals surface area contributed by atoms with E-state index in [9.17, 15) is 19.5 Å². The van der Waals surface area contributed by atoms with Gasteiger partial charge in [-0.05, 0) is 93.4 Å². The summed E-state index contributed by atoms with van der Waals surface area (Å²) in [5.41, 5.74) is 2.41. The smallest absolute Gasteiger partial charge is 0.412 e. The van der Waals surface area contributed by atoms with Crippen LogP contribution in [0, 0.1) is 12.8 Å². The lowest BCUT2D eigenvalue weighted by atomic mass is 10.0. The number of alkyl halides is 2. The first kappa shape index (κ1) is 30.0. The van der Waals surface area contributed by atoms with Crippen LogP contribution in [0.3, 0.4) is 0 Å². The fourth-order valence-corrected chi connectivity index (χ4v) is 6.06. The van der Waals surface area contributed by atoms with Crippen molar-refractivity contribution in [3.63, 3.8) is 0 Å². The van der Waals surface area contributed by atoms with Crippen molar-refractivity contribution in [2.24, 2.45) is 5.92 Å². The van der Waals surface area contributed by atoms with E-state index in [-0.39, 0.29) is 0 Å². The molecule has 1 aliphatic carbocycles. The number of nitrogens with zero attached hydrogens (tertiary/aromatic N) is 1. The Hall–Kier alpha value is -2.97. The Morgan fingerprint density at radius 3 is 2.15 bits per heavy atom. The summed E-state index contributed by atoms with van der Waals surface area (Å²) < 4.78 is -1.33. The van der Waals surface area contributed by atoms with Crippen LogP contribution < -0.4 is 15.5 Å². The molecule has 3 N–H and O–H groups in total. The highest BCUT2D eigenvalue weighted by Gasteiger charge is 2.67. The predicted molar refractivity (Wildman–Crippen MR) is 162 cm³/mol. The van der Waals surface area contributed by atoms with Crippen LogP contribution in [0.2, 0.25) is 10.0 Å². The van der Waals surface area contributed by atoms with Crippen LogP contribution >= 0.6 is 46.4 Å². The number of aryl methyl sites for hydroxylation is 1. The molecule has 4 rings (SSSR count). The molecular formula is C29H27Cl4N3O4. The second-order valence-electron chi connectivity index (χ2n) is 10.6. The fourth-order valence-electron chi connectivity index (χ4n) is 4.69. The van der Waals surface area contributed by atoms with Gasteiger partial charge in [-0.2, -0.15) is 0 Å². The van der Waals surface area contributed by atoms with Gasteiger partial charge >= 0.3 is 6.09 Å². The number of anilines is 3. The average Bonchev–Trinajstić information content (AvgIpc) is 3.41. The van der Waals surface area contributed by atoms with Crippen LogP contribution in [-0.2, 0) is 4.79 Å². The summed E-state index contributed by atoms with van der Waals surface area (Å²) in [4.78, 5) is 39.2. The summed E-state index contributed by atoms with van der Waals surface area (Å²) in [6, 6.07) is 16.4. The average molecular weight is 623 g/mol. The lowest BCUT2D eigenvalue weighted by Crippen LogP contribution is -2.45. The number of amides is 3. The first-order valence-electron chi connectivity index (χ1n) is 12.3. The number of carbonyl (C=O) groups is 3. The van der Waals surface area contributed by atoms with E-state index in [2.05, 4.69) is 10.6 Å². The second-order valence-corrected chi connectivity index (χ2v) is 13.0. The number of carboxylic acid groups (broad SMARTS) is 1. The quantitative estimate of drug-likeness (QED) is 0.241. The molecule has 0 aromatic heterocycles. The maximum Gasteiger partial charge on any atom is 0.412 e. The minimum atomic E-state index is -1.33. The maximum atomic E-state index is 13.1. The number of carbonyl (C=O) groups excluding carboxylic acids is 2. The number of halogens is 4. The van der Waals surface area contributed by atoms with Crippen LogP contribution in [0.5, 0.6) is 0 Å². The molecule has 2 atom stereocenters. The van der Waals surface area contributed by atoms with Gasteiger partial charge in [-0.1, -0.05) is 29.3 Å². The standard InChI is InChI=1S/C29H27Cl4N3O4/c1-15-10-21(36(27(39)40)28(2,3)4)8-9-22(15)35-25(37)16-6-5-7-20(13-16)34-26(38)24-23(29(24,32)33)17-11-18(30)14-19(31)12-17/h5-14,23-24H,1-4H3,(H,34,38)(H,35,37)(H,39,40)/t23-,24+/m0/s1. The van der Waals surface area contributed by atoms with Gasteiger partial charge in [0, 0.05) is 44.1 Å². The summed E-state index contributed by atoms with van der Waals surface area (Å²) in [5, 5.41) is 16.1.